The number of hydrogen-bond donors (Lipinski definition) is 2. The van der Waals surface area contributed by atoms with Gasteiger partial charge < -0.3 is 15.5 Å². The molecule has 0 bridgehead atoms. The van der Waals surface area contributed by atoms with Gasteiger partial charge in [0.15, 0.2) is 0 Å². The SMILES string of the molecule is CN(C)CCn1ncc(NC2CCNC2)c(Cl)c1=O. The first kappa shape index (κ1) is 14.3. The number of nitrogens with zero attached hydrogens (tertiary/aromatic N) is 3. The molecule has 1 aliphatic heterocycles. The zero-order valence-corrected chi connectivity index (χ0v) is 12.1. The monoisotopic (exact) mass is 285 g/mol. The Labute approximate surface area is 117 Å². The van der Waals surface area contributed by atoms with E-state index in [0.29, 0.717) is 18.3 Å². The van der Waals surface area contributed by atoms with Gasteiger partial charge in [-0.05, 0) is 27.1 Å². The van der Waals surface area contributed by atoms with Crippen LogP contribution in [0.1, 0.15) is 6.42 Å². The first-order valence-corrected chi connectivity index (χ1v) is 6.83. The first-order chi connectivity index (χ1) is 9.08. The van der Waals surface area contributed by atoms with E-state index in [-0.39, 0.29) is 10.6 Å². The van der Waals surface area contributed by atoms with Crippen molar-refractivity contribution in [1.82, 2.24) is 20.0 Å². The summed E-state index contributed by atoms with van der Waals surface area (Å²) in [6, 6.07) is 0.316. The molecule has 1 aromatic rings. The Morgan fingerprint density at radius 1 is 1.63 bits per heavy atom. The summed E-state index contributed by atoms with van der Waals surface area (Å²) in [5.41, 5.74) is 0.390. The highest BCUT2D eigenvalue weighted by Gasteiger charge is 2.17. The lowest BCUT2D eigenvalue weighted by Gasteiger charge is -2.15. The number of likely N-dealkylation sites (N-methyl/N-ethyl adjacent to an activating group) is 1. The predicted molar refractivity (Wildman–Crippen MR) is 77.0 cm³/mol. The molecule has 0 saturated carbocycles. The quantitative estimate of drug-likeness (QED) is 0.811. The van der Waals surface area contributed by atoms with Gasteiger partial charge in [0.1, 0.15) is 5.02 Å². The van der Waals surface area contributed by atoms with Crippen molar-refractivity contribution in [1.29, 1.82) is 0 Å². The number of anilines is 1. The highest BCUT2D eigenvalue weighted by atomic mass is 35.5. The van der Waals surface area contributed by atoms with Crippen molar-refractivity contribution in [2.75, 3.05) is 39.0 Å². The van der Waals surface area contributed by atoms with E-state index >= 15 is 0 Å². The average molecular weight is 286 g/mol. The van der Waals surface area contributed by atoms with Crippen molar-refractivity contribution in [3.8, 4) is 0 Å². The molecule has 0 radical (unpaired) electrons. The summed E-state index contributed by atoms with van der Waals surface area (Å²) in [5.74, 6) is 0. The van der Waals surface area contributed by atoms with E-state index in [1.54, 1.807) is 6.20 Å². The van der Waals surface area contributed by atoms with Crippen LogP contribution < -0.4 is 16.2 Å². The summed E-state index contributed by atoms with van der Waals surface area (Å²) in [5, 5.41) is 10.9. The van der Waals surface area contributed by atoms with Crippen molar-refractivity contribution < 1.29 is 0 Å². The van der Waals surface area contributed by atoms with Gasteiger partial charge in [-0.15, -0.1) is 0 Å². The van der Waals surface area contributed by atoms with E-state index in [9.17, 15) is 4.79 Å². The Kier molecular flexibility index (Phi) is 4.79. The molecule has 1 atom stereocenters. The van der Waals surface area contributed by atoms with Gasteiger partial charge in [0.2, 0.25) is 0 Å². The molecule has 1 unspecified atom stereocenters. The van der Waals surface area contributed by atoms with Crippen molar-refractivity contribution in [2.45, 2.75) is 19.0 Å². The van der Waals surface area contributed by atoms with Crippen LogP contribution in [0.15, 0.2) is 11.0 Å². The number of hydrogen-bond acceptors (Lipinski definition) is 5. The molecular weight excluding hydrogens is 266 g/mol. The molecule has 0 amide bonds. The fraction of sp³-hybridized carbons (Fsp3) is 0.667. The minimum atomic E-state index is -0.237. The fourth-order valence-electron chi connectivity index (χ4n) is 2.02. The number of nitrogens with one attached hydrogen (secondary N) is 2. The maximum Gasteiger partial charge on any atom is 0.287 e. The summed E-state index contributed by atoms with van der Waals surface area (Å²) in [6.45, 7) is 3.17. The summed E-state index contributed by atoms with van der Waals surface area (Å²) in [7, 11) is 3.91. The molecule has 7 heteroatoms. The minimum absolute atomic E-state index is 0.223. The third-order valence-electron chi connectivity index (χ3n) is 3.16. The Hall–Kier alpha value is -1.11. The molecule has 0 aromatic carbocycles. The summed E-state index contributed by atoms with van der Waals surface area (Å²) >= 11 is 6.12. The lowest BCUT2D eigenvalue weighted by Crippen LogP contribution is -2.30. The molecule has 1 saturated heterocycles. The predicted octanol–water partition coefficient (Wildman–Crippen LogP) is 0.232. The van der Waals surface area contributed by atoms with Crippen molar-refractivity contribution in [3.05, 3.63) is 21.6 Å². The van der Waals surface area contributed by atoms with Gasteiger partial charge in [0, 0.05) is 19.1 Å². The van der Waals surface area contributed by atoms with Gasteiger partial charge in [-0.1, -0.05) is 11.6 Å². The molecule has 0 aliphatic carbocycles. The molecule has 1 fully saturated rings. The standard InChI is InChI=1S/C12H20ClN5O/c1-17(2)5-6-18-12(19)11(13)10(8-15-18)16-9-3-4-14-7-9/h8-9,14,16H,3-7H2,1-2H3. The normalized spacial score (nSPS) is 19.1. The Morgan fingerprint density at radius 3 is 3.05 bits per heavy atom. The van der Waals surface area contributed by atoms with Crippen LogP contribution in [0.2, 0.25) is 5.02 Å². The molecule has 106 valence electrons. The fourth-order valence-corrected chi connectivity index (χ4v) is 2.22. The van der Waals surface area contributed by atoms with Crippen LogP contribution in [0, 0.1) is 0 Å². The Balaban J connectivity index is 2.10. The van der Waals surface area contributed by atoms with E-state index < -0.39 is 0 Å². The Morgan fingerprint density at radius 2 is 2.42 bits per heavy atom. The smallest absolute Gasteiger partial charge is 0.287 e. The summed E-state index contributed by atoms with van der Waals surface area (Å²) in [6.07, 6.45) is 2.66. The van der Waals surface area contributed by atoms with E-state index in [0.717, 1.165) is 26.1 Å². The third kappa shape index (κ3) is 3.68. The van der Waals surface area contributed by atoms with Crippen molar-refractivity contribution >= 4 is 17.3 Å². The lowest BCUT2D eigenvalue weighted by atomic mass is 10.2. The zero-order chi connectivity index (χ0) is 13.8. The summed E-state index contributed by atoms with van der Waals surface area (Å²) < 4.78 is 1.40. The highest BCUT2D eigenvalue weighted by Crippen LogP contribution is 2.17. The van der Waals surface area contributed by atoms with E-state index in [2.05, 4.69) is 15.7 Å². The molecule has 1 aromatic heterocycles. The van der Waals surface area contributed by atoms with Crippen LogP contribution >= 0.6 is 11.6 Å². The van der Waals surface area contributed by atoms with Crippen LogP contribution in [0.5, 0.6) is 0 Å². The van der Waals surface area contributed by atoms with Gasteiger partial charge in [-0.25, -0.2) is 4.68 Å². The number of rotatable bonds is 5. The van der Waals surface area contributed by atoms with Crippen LogP contribution in [0.3, 0.4) is 0 Å². The second kappa shape index (κ2) is 6.36. The molecular formula is C12H20ClN5O. The summed E-state index contributed by atoms with van der Waals surface area (Å²) in [4.78, 5) is 14.1. The van der Waals surface area contributed by atoms with Crippen molar-refractivity contribution in [3.63, 3.8) is 0 Å². The van der Waals surface area contributed by atoms with E-state index in [1.807, 2.05) is 19.0 Å². The lowest BCUT2D eigenvalue weighted by molar-refractivity contribution is 0.367. The molecule has 2 heterocycles. The van der Waals surface area contributed by atoms with Crippen LogP contribution in [0.4, 0.5) is 5.69 Å². The van der Waals surface area contributed by atoms with Gasteiger partial charge in [0.25, 0.3) is 5.56 Å². The van der Waals surface area contributed by atoms with Crippen LogP contribution in [0.25, 0.3) is 0 Å². The molecule has 1 aliphatic rings. The first-order valence-electron chi connectivity index (χ1n) is 6.45. The van der Waals surface area contributed by atoms with Gasteiger partial charge in [-0.2, -0.15) is 5.10 Å². The minimum Gasteiger partial charge on any atom is -0.378 e. The van der Waals surface area contributed by atoms with E-state index in [4.69, 9.17) is 11.6 Å². The second-order valence-corrected chi connectivity index (χ2v) is 5.42. The molecule has 19 heavy (non-hydrogen) atoms. The molecule has 6 nitrogen and oxygen atoms in total. The maximum absolute atomic E-state index is 12.1. The highest BCUT2D eigenvalue weighted by molar-refractivity contribution is 6.32. The van der Waals surface area contributed by atoms with Gasteiger partial charge in [0.05, 0.1) is 18.4 Å². The van der Waals surface area contributed by atoms with Gasteiger partial charge >= 0.3 is 0 Å². The van der Waals surface area contributed by atoms with Crippen molar-refractivity contribution in [2.24, 2.45) is 0 Å². The zero-order valence-electron chi connectivity index (χ0n) is 11.3. The average Bonchev–Trinajstić information content (AvgIpc) is 2.87. The Bertz CT molecular complexity index is 481. The number of halogens is 1. The third-order valence-corrected chi connectivity index (χ3v) is 3.53. The number of aromatic nitrogens is 2. The van der Waals surface area contributed by atoms with Crippen LogP contribution in [-0.2, 0) is 6.54 Å². The van der Waals surface area contributed by atoms with E-state index in [1.165, 1.54) is 4.68 Å². The van der Waals surface area contributed by atoms with Gasteiger partial charge in [-0.3, -0.25) is 4.79 Å². The molecule has 2 rings (SSSR count). The van der Waals surface area contributed by atoms with Crippen LogP contribution in [-0.4, -0.2) is 54.5 Å². The largest absolute Gasteiger partial charge is 0.378 e. The topological polar surface area (TPSA) is 62.2 Å². The second-order valence-electron chi connectivity index (χ2n) is 5.04. The maximum atomic E-state index is 12.1. The molecule has 0 spiro atoms. The molecule has 2 N–H and O–H groups in total.